The number of hydrogen-bond acceptors (Lipinski definition) is 19. The van der Waals surface area contributed by atoms with Crippen molar-refractivity contribution >= 4 is 47.4 Å². The van der Waals surface area contributed by atoms with Crippen LogP contribution in [0, 0.1) is 0 Å². The van der Waals surface area contributed by atoms with E-state index in [1.807, 2.05) is 6.07 Å². The molecule has 31 heteroatoms. The highest BCUT2D eigenvalue weighted by atomic mass is 16.7. The second-order valence-electron chi connectivity index (χ2n) is 26.3. The Balaban J connectivity index is 1.01. The maximum absolute atomic E-state index is 15.3. The summed E-state index contributed by atoms with van der Waals surface area (Å²) in [6.07, 6.45) is -0.737. The smallest absolute Gasteiger partial charge is 0.407 e. The molecule has 31 nitrogen and oxygen atoms in total. The van der Waals surface area contributed by atoms with Crippen molar-refractivity contribution in [2.45, 2.75) is 96.6 Å². The summed E-state index contributed by atoms with van der Waals surface area (Å²) in [4.78, 5) is 199. The molecular weight excluding hydrogens is 1410 g/mol. The standard InChI is InChI=1S/C78H86N12O19/c1-78(2,3)109-77(102)81-40-46-103-45-39-80-70(95)59-37-44-86(76(101)65-30-19-32-67(92)88(65)106-48-54-23-10-5-11-24-54)42-17-16-41-85(75(100)64-29-18-31-66(91)87(64)105-47-53-21-8-4-9-22-53)43-20-38-79-68(93)57-33-35-62(89(73(57)98)107-49-55-25-12-6-13-26-55)71(96)83-60-51-104-52-61(60)84-72(97)63-36-34-58(69(94)82-59)74(99)90(63)108-50-56-27-14-7-15-28-56/h4-15,18-19,21-36,59-61H,16-17,20,37-52H2,1-3H3,(H,79,93)(H,80,95)(H,81,102)(H,82,94)(H,83,96)(H,84,97)/t59?,60-,61+/m1/s1. The Kier molecular flexibility index (Phi) is 27.9. The van der Waals surface area contributed by atoms with Crippen LogP contribution in [0.2, 0.25) is 0 Å². The van der Waals surface area contributed by atoms with Gasteiger partial charge < -0.3 is 75.3 Å². The molecule has 1 fully saturated rings. The molecule has 3 atom stereocenters. The zero-order chi connectivity index (χ0) is 77.2. The number of rotatable bonds is 21. The number of carbonyl (C=O) groups is 8. The summed E-state index contributed by atoms with van der Waals surface area (Å²) < 4.78 is 19.8. The van der Waals surface area contributed by atoms with Gasteiger partial charge in [0, 0.05) is 57.9 Å². The van der Waals surface area contributed by atoms with E-state index in [1.165, 1.54) is 52.3 Å². The van der Waals surface area contributed by atoms with Gasteiger partial charge in [-0.1, -0.05) is 133 Å². The van der Waals surface area contributed by atoms with Gasteiger partial charge in [-0.3, -0.25) is 52.7 Å². The average Bonchev–Trinajstić information content (AvgIpc) is 1.68. The van der Waals surface area contributed by atoms with E-state index in [-0.39, 0.29) is 141 Å². The summed E-state index contributed by atoms with van der Waals surface area (Å²) in [5, 5.41) is 16.3. The Morgan fingerprint density at radius 2 is 0.862 bits per heavy atom. The number of amides is 8. The number of nitrogens with zero attached hydrogens (tertiary/aromatic N) is 6. The fourth-order valence-corrected chi connectivity index (χ4v) is 11.6. The minimum absolute atomic E-state index is 0.00954. The first-order valence-corrected chi connectivity index (χ1v) is 35.5. The van der Waals surface area contributed by atoms with Crippen LogP contribution in [0.5, 0.6) is 0 Å². The van der Waals surface area contributed by atoms with Crippen LogP contribution >= 0.6 is 0 Å². The Hall–Kier alpha value is -12.6. The van der Waals surface area contributed by atoms with Gasteiger partial charge in [0.05, 0.1) is 38.5 Å². The van der Waals surface area contributed by atoms with Crippen molar-refractivity contribution < 1.29 is 71.9 Å². The summed E-state index contributed by atoms with van der Waals surface area (Å²) in [6.45, 7) is 3.12. The number of nitrogens with one attached hydrogen (secondary N) is 6. The normalized spacial score (nSPS) is 16.3. The Morgan fingerprint density at radius 1 is 0.450 bits per heavy atom. The van der Waals surface area contributed by atoms with E-state index in [4.69, 9.17) is 33.6 Å². The van der Waals surface area contributed by atoms with Crippen molar-refractivity contribution in [3.05, 3.63) is 280 Å². The lowest BCUT2D eigenvalue weighted by Crippen LogP contribution is -2.53. The molecule has 8 amide bonds. The minimum Gasteiger partial charge on any atom is -0.444 e. The third-order valence-corrected chi connectivity index (χ3v) is 17.2. The zero-order valence-electron chi connectivity index (χ0n) is 60.4. The lowest BCUT2D eigenvalue weighted by molar-refractivity contribution is -0.123. The topological polar surface area (TPSA) is 368 Å². The van der Waals surface area contributed by atoms with Crippen LogP contribution in [-0.4, -0.2) is 172 Å². The Morgan fingerprint density at radius 3 is 1.31 bits per heavy atom. The molecule has 0 radical (unpaired) electrons. The predicted molar refractivity (Wildman–Crippen MR) is 395 cm³/mol. The second-order valence-corrected chi connectivity index (χ2v) is 26.3. The van der Waals surface area contributed by atoms with Gasteiger partial charge in [-0.05, 0) is 105 Å². The van der Waals surface area contributed by atoms with E-state index < -0.39 is 110 Å². The van der Waals surface area contributed by atoms with E-state index >= 15 is 9.59 Å². The molecular formula is C78H86N12O19. The number of alkyl carbamates (subject to hydrolysis) is 1. The van der Waals surface area contributed by atoms with Crippen LogP contribution in [0.4, 0.5) is 4.79 Å². The average molecular weight is 1500 g/mol. The second kappa shape index (κ2) is 38.6. The fourth-order valence-electron chi connectivity index (χ4n) is 11.6. The van der Waals surface area contributed by atoms with Crippen molar-refractivity contribution in [3.8, 4) is 0 Å². The van der Waals surface area contributed by atoms with Crippen molar-refractivity contribution in [1.82, 2.24) is 60.6 Å². The number of hydrogen-bond donors (Lipinski definition) is 6. The van der Waals surface area contributed by atoms with Crippen molar-refractivity contribution in [2.24, 2.45) is 0 Å². The summed E-state index contributed by atoms with van der Waals surface area (Å²) in [7, 11) is 0. The monoisotopic (exact) mass is 1490 g/mol. The number of fused-ring (bicyclic) bond motifs is 2. The van der Waals surface area contributed by atoms with Gasteiger partial charge in [0.25, 0.3) is 57.7 Å². The predicted octanol–water partition coefficient (Wildman–Crippen LogP) is 3.12. The Bertz CT molecular complexity index is 4740. The molecule has 4 aromatic heterocycles. The SMILES string of the molecule is CC(C)(C)OC(=O)NCCOCCNC(=O)C1CCN(C(=O)c2cccc(=O)n2OCc2ccccc2)CCCCN(C(=O)c2cccc(=O)n2OCc2ccccc2)CCCNC(=O)c2ccc(n(OCc3ccccc3)c2=O)C(=O)N[C@@H]2COC[C@@H]2NC(=O)c2ccc(c(=O)n2OCc2ccccc2)C(=O)N1. The van der Waals surface area contributed by atoms with Crippen LogP contribution < -0.4 is 73.5 Å². The van der Waals surface area contributed by atoms with Crippen LogP contribution in [0.25, 0.3) is 0 Å². The fraction of sp³-hybridized carbons (Fsp3) is 0.333. The highest BCUT2D eigenvalue weighted by Gasteiger charge is 2.35. The third kappa shape index (κ3) is 22.2. The molecule has 572 valence electrons. The maximum atomic E-state index is 15.3. The Labute approximate surface area is 625 Å². The molecule has 109 heavy (non-hydrogen) atoms. The number of pyridine rings is 4. The van der Waals surface area contributed by atoms with Gasteiger partial charge in [-0.2, -0.15) is 0 Å². The van der Waals surface area contributed by atoms with Crippen molar-refractivity contribution in [2.75, 3.05) is 72.2 Å². The molecule has 0 aliphatic carbocycles. The van der Waals surface area contributed by atoms with Gasteiger partial charge in [-0.25, -0.2) is 4.79 Å². The van der Waals surface area contributed by atoms with E-state index in [0.29, 0.717) is 31.7 Å². The van der Waals surface area contributed by atoms with E-state index in [0.717, 1.165) is 27.7 Å². The van der Waals surface area contributed by atoms with Crippen LogP contribution in [0.1, 0.15) is 131 Å². The molecule has 4 aliphatic rings. The summed E-state index contributed by atoms with van der Waals surface area (Å²) in [6, 6.07) is 44.1. The molecule has 8 heterocycles. The largest absolute Gasteiger partial charge is 0.444 e. The van der Waals surface area contributed by atoms with Crippen LogP contribution in [0.3, 0.4) is 0 Å². The van der Waals surface area contributed by atoms with E-state index in [2.05, 4.69) is 31.9 Å². The minimum atomic E-state index is -1.57. The number of carbonyl (C=O) groups excluding carboxylic acids is 8. The lowest BCUT2D eigenvalue weighted by Gasteiger charge is -2.28. The first-order valence-electron chi connectivity index (χ1n) is 35.5. The lowest BCUT2D eigenvalue weighted by atomic mass is 10.1. The van der Waals surface area contributed by atoms with Crippen LogP contribution in [-0.2, 0) is 45.4 Å². The summed E-state index contributed by atoms with van der Waals surface area (Å²) in [5.41, 5.74) is -3.91. The number of benzene rings is 4. The van der Waals surface area contributed by atoms with Gasteiger partial charge in [0.2, 0.25) is 5.91 Å². The van der Waals surface area contributed by atoms with Gasteiger partial charge in [0.15, 0.2) is 0 Å². The number of aromatic nitrogens is 4. The molecule has 4 aromatic carbocycles. The molecule has 8 aromatic rings. The summed E-state index contributed by atoms with van der Waals surface area (Å²) >= 11 is 0. The summed E-state index contributed by atoms with van der Waals surface area (Å²) in [5.74, 6) is -6.02. The molecule has 4 bridgehead atoms. The van der Waals surface area contributed by atoms with Crippen molar-refractivity contribution in [3.63, 3.8) is 0 Å². The van der Waals surface area contributed by atoms with Crippen LogP contribution in [0.15, 0.2) is 201 Å². The first kappa shape index (κ1) is 78.9. The molecule has 4 aliphatic heterocycles. The highest BCUT2D eigenvalue weighted by molar-refractivity contribution is 5.99. The molecule has 1 unspecified atom stereocenters. The molecule has 0 saturated carbocycles. The molecule has 0 spiro atoms. The molecule has 6 N–H and O–H groups in total. The maximum Gasteiger partial charge on any atom is 0.407 e. The van der Waals surface area contributed by atoms with Crippen molar-refractivity contribution in [1.29, 1.82) is 0 Å². The van der Waals surface area contributed by atoms with Gasteiger partial charge >= 0.3 is 6.09 Å². The third-order valence-electron chi connectivity index (χ3n) is 17.2. The van der Waals surface area contributed by atoms with Gasteiger partial charge in [0.1, 0.15) is 72.0 Å². The molecule has 12 rings (SSSR count). The number of ether oxygens (including phenoxy) is 3. The van der Waals surface area contributed by atoms with E-state index in [1.54, 1.807) is 136 Å². The van der Waals surface area contributed by atoms with E-state index in [9.17, 15) is 47.9 Å². The first-order chi connectivity index (χ1) is 52.7. The quantitative estimate of drug-likeness (QED) is 0.0563. The van der Waals surface area contributed by atoms with Gasteiger partial charge in [-0.15, -0.1) is 18.9 Å². The molecule has 1 saturated heterocycles. The zero-order valence-corrected chi connectivity index (χ0v) is 60.4. The highest BCUT2D eigenvalue weighted by Crippen LogP contribution is 2.16.